The van der Waals surface area contributed by atoms with Crippen LogP contribution in [0, 0.1) is 5.82 Å². The van der Waals surface area contributed by atoms with Gasteiger partial charge in [-0.25, -0.2) is 9.18 Å². The minimum absolute atomic E-state index is 0.0244. The number of amides is 1. The van der Waals surface area contributed by atoms with Gasteiger partial charge in [-0.3, -0.25) is 9.59 Å². The van der Waals surface area contributed by atoms with Gasteiger partial charge in [0.05, 0.1) is 5.56 Å². The zero-order valence-corrected chi connectivity index (χ0v) is 12.2. The summed E-state index contributed by atoms with van der Waals surface area (Å²) in [5, 5.41) is 9.56. The van der Waals surface area contributed by atoms with Crippen molar-refractivity contribution >= 4 is 22.8 Å². The van der Waals surface area contributed by atoms with E-state index in [2.05, 4.69) is 4.98 Å². The van der Waals surface area contributed by atoms with Crippen LogP contribution >= 0.6 is 0 Å². The van der Waals surface area contributed by atoms with E-state index >= 15 is 0 Å². The van der Waals surface area contributed by atoms with Crippen molar-refractivity contribution in [2.75, 3.05) is 6.54 Å². The van der Waals surface area contributed by atoms with E-state index in [0.717, 1.165) is 18.6 Å². The number of carboxylic acid groups (broad SMARTS) is 1. The molecule has 1 aromatic heterocycles. The molecule has 2 N–H and O–H groups in total. The Kier molecular flexibility index (Phi) is 3.85. The minimum Gasteiger partial charge on any atom is -0.480 e. The third kappa shape index (κ3) is 2.81. The second kappa shape index (κ2) is 5.83. The number of piperidine rings is 1. The molecule has 1 aromatic carbocycles. The van der Waals surface area contributed by atoms with E-state index < -0.39 is 29.3 Å². The average Bonchev–Trinajstić information content (AvgIpc) is 2.54. The first-order chi connectivity index (χ1) is 11.0. The number of aromatic nitrogens is 1. The Hall–Kier alpha value is -2.70. The van der Waals surface area contributed by atoms with Crippen molar-refractivity contribution in [3.05, 3.63) is 46.0 Å². The normalized spacial score (nSPS) is 18.1. The zero-order valence-electron chi connectivity index (χ0n) is 12.2. The Morgan fingerprint density at radius 3 is 2.78 bits per heavy atom. The topological polar surface area (TPSA) is 90.5 Å². The number of rotatable bonds is 2. The highest BCUT2D eigenvalue weighted by molar-refractivity contribution is 6.07. The number of hydrogen-bond acceptors (Lipinski definition) is 3. The van der Waals surface area contributed by atoms with Gasteiger partial charge in [0.25, 0.3) is 5.91 Å². The molecule has 2 heterocycles. The Bertz CT molecular complexity index is 846. The summed E-state index contributed by atoms with van der Waals surface area (Å²) in [6, 6.07) is 3.91. The molecule has 1 fully saturated rings. The fraction of sp³-hybridized carbons (Fsp3) is 0.312. The van der Waals surface area contributed by atoms with Crippen LogP contribution in [0.4, 0.5) is 4.39 Å². The van der Waals surface area contributed by atoms with Crippen molar-refractivity contribution in [3.8, 4) is 0 Å². The number of likely N-dealkylation sites (tertiary alicyclic amines) is 1. The van der Waals surface area contributed by atoms with Crippen molar-refractivity contribution < 1.29 is 19.1 Å². The molecule has 1 amide bonds. The molecule has 2 aromatic rings. The summed E-state index contributed by atoms with van der Waals surface area (Å²) in [5.41, 5.74) is -0.126. The second-order valence-electron chi connectivity index (χ2n) is 5.59. The van der Waals surface area contributed by atoms with Crippen LogP contribution in [0.15, 0.2) is 29.1 Å². The van der Waals surface area contributed by atoms with Crippen molar-refractivity contribution in [1.29, 1.82) is 0 Å². The number of halogens is 1. The van der Waals surface area contributed by atoms with E-state index in [9.17, 15) is 23.9 Å². The summed E-state index contributed by atoms with van der Waals surface area (Å²) >= 11 is 0. The molecule has 3 rings (SSSR count). The van der Waals surface area contributed by atoms with E-state index in [0.29, 0.717) is 24.9 Å². The largest absolute Gasteiger partial charge is 0.480 e. The van der Waals surface area contributed by atoms with Crippen molar-refractivity contribution in [2.24, 2.45) is 0 Å². The first-order valence-corrected chi connectivity index (χ1v) is 7.34. The van der Waals surface area contributed by atoms with Crippen LogP contribution in [0.2, 0.25) is 0 Å². The zero-order chi connectivity index (χ0) is 16.6. The van der Waals surface area contributed by atoms with Gasteiger partial charge in [-0.1, -0.05) is 0 Å². The van der Waals surface area contributed by atoms with Crippen LogP contribution in [0.3, 0.4) is 0 Å². The molecule has 7 heteroatoms. The number of carbonyl (C=O) groups excluding carboxylic acids is 1. The number of carbonyl (C=O) groups is 2. The van der Waals surface area contributed by atoms with E-state index in [-0.39, 0.29) is 10.9 Å². The lowest BCUT2D eigenvalue weighted by atomic mass is 10.00. The number of hydrogen-bond donors (Lipinski definition) is 2. The quantitative estimate of drug-likeness (QED) is 0.882. The number of aromatic amines is 1. The highest BCUT2D eigenvalue weighted by atomic mass is 19.1. The number of carboxylic acids is 1. The maximum atomic E-state index is 13.5. The van der Waals surface area contributed by atoms with E-state index in [1.807, 2.05) is 0 Å². The number of H-pyrrole nitrogens is 1. The molecular formula is C16H15FN2O4. The first-order valence-electron chi connectivity index (χ1n) is 7.34. The van der Waals surface area contributed by atoms with Crippen LogP contribution in [-0.2, 0) is 4.79 Å². The van der Waals surface area contributed by atoms with Crippen LogP contribution in [0.25, 0.3) is 10.9 Å². The van der Waals surface area contributed by atoms with Crippen LogP contribution in [-0.4, -0.2) is 39.5 Å². The molecule has 0 aliphatic carbocycles. The summed E-state index contributed by atoms with van der Waals surface area (Å²) in [6.07, 6.45) is 1.80. The SMILES string of the molecule is O=C(O)C1CCCCN1C(=O)c1cc(=O)[nH]c2ccc(F)cc12. The summed E-state index contributed by atoms with van der Waals surface area (Å²) < 4.78 is 13.5. The van der Waals surface area contributed by atoms with Gasteiger partial charge in [0.2, 0.25) is 5.56 Å². The number of benzene rings is 1. The highest BCUT2D eigenvalue weighted by Gasteiger charge is 2.33. The molecular weight excluding hydrogens is 303 g/mol. The molecule has 0 radical (unpaired) electrons. The summed E-state index contributed by atoms with van der Waals surface area (Å²) in [6.45, 7) is 0.305. The Labute approximate surface area is 130 Å². The first kappa shape index (κ1) is 15.2. The molecule has 1 aliphatic rings. The molecule has 0 spiro atoms. The van der Waals surface area contributed by atoms with Crippen LogP contribution in [0.5, 0.6) is 0 Å². The Morgan fingerprint density at radius 2 is 2.04 bits per heavy atom. The maximum Gasteiger partial charge on any atom is 0.326 e. The molecule has 120 valence electrons. The molecule has 6 nitrogen and oxygen atoms in total. The number of pyridine rings is 1. The minimum atomic E-state index is -1.07. The van der Waals surface area contributed by atoms with Gasteiger partial charge in [-0.05, 0) is 37.5 Å². The summed E-state index contributed by atoms with van der Waals surface area (Å²) in [5.74, 6) is -2.16. The third-order valence-corrected chi connectivity index (χ3v) is 4.08. The monoisotopic (exact) mass is 318 g/mol. The van der Waals surface area contributed by atoms with E-state index in [1.165, 1.54) is 17.0 Å². The molecule has 0 bridgehead atoms. The molecule has 23 heavy (non-hydrogen) atoms. The standard InChI is InChI=1S/C16H15FN2O4/c17-9-4-5-12-10(7-9)11(8-14(20)18-12)15(21)19-6-2-1-3-13(19)16(22)23/h4-5,7-8,13H,1-3,6H2,(H,18,20)(H,22,23). The average molecular weight is 318 g/mol. The molecule has 1 atom stereocenters. The maximum absolute atomic E-state index is 13.5. The second-order valence-corrected chi connectivity index (χ2v) is 5.59. The predicted molar refractivity (Wildman–Crippen MR) is 80.8 cm³/mol. The Morgan fingerprint density at radius 1 is 1.26 bits per heavy atom. The lowest BCUT2D eigenvalue weighted by molar-refractivity contribution is -0.143. The van der Waals surface area contributed by atoms with Crippen molar-refractivity contribution in [3.63, 3.8) is 0 Å². The van der Waals surface area contributed by atoms with Crippen molar-refractivity contribution in [1.82, 2.24) is 9.88 Å². The van der Waals surface area contributed by atoms with Crippen LogP contribution < -0.4 is 5.56 Å². The van der Waals surface area contributed by atoms with Crippen LogP contribution in [0.1, 0.15) is 29.6 Å². The smallest absolute Gasteiger partial charge is 0.326 e. The van der Waals surface area contributed by atoms with Gasteiger partial charge in [-0.2, -0.15) is 0 Å². The van der Waals surface area contributed by atoms with Gasteiger partial charge in [0.1, 0.15) is 11.9 Å². The fourth-order valence-electron chi connectivity index (χ4n) is 2.99. The lowest BCUT2D eigenvalue weighted by Gasteiger charge is -2.33. The van der Waals surface area contributed by atoms with Gasteiger partial charge in [0.15, 0.2) is 0 Å². The number of fused-ring (bicyclic) bond motifs is 1. The van der Waals surface area contributed by atoms with Crippen molar-refractivity contribution in [2.45, 2.75) is 25.3 Å². The number of nitrogens with one attached hydrogen (secondary N) is 1. The third-order valence-electron chi connectivity index (χ3n) is 4.08. The summed E-state index contributed by atoms with van der Waals surface area (Å²) in [4.78, 5) is 39.7. The molecule has 1 unspecified atom stereocenters. The van der Waals surface area contributed by atoms with E-state index in [4.69, 9.17) is 0 Å². The van der Waals surface area contributed by atoms with E-state index in [1.54, 1.807) is 0 Å². The molecule has 1 aliphatic heterocycles. The highest BCUT2D eigenvalue weighted by Crippen LogP contribution is 2.23. The molecule has 0 saturated carbocycles. The summed E-state index contributed by atoms with van der Waals surface area (Å²) in [7, 11) is 0. The Balaban J connectivity index is 2.11. The predicted octanol–water partition coefficient (Wildman–Crippen LogP) is 1.75. The van der Waals surface area contributed by atoms with Gasteiger partial charge in [-0.15, -0.1) is 0 Å². The fourth-order valence-corrected chi connectivity index (χ4v) is 2.99. The van der Waals surface area contributed by atoms with Gasteiger partial charge < -0.3 is 15.0 Å². The van der Waals surface area contributed by atoms with Gasteiger partial charge in [0, 0.05) is 23.5 Å². The number of nitrogens with zero attached hydrogens (tertiary/aromatic N) is 1. The lowest BCUT2D eigenvalue weighted by Crippen LogP contribution is -2.48. The molecule has 1 saturated heterocycles. The number of aliphatic carboxylic acids is 1. The van der Waals surface area contributed by atoms with Gasteiger partial charge >= 0.3 is 5.97 Å².